The van der Waals surface area contributed by atoms with Crippen molar-refractivity contribution in [2.24, 2.45) is 0 Å². The molecule has 0 bridgehead atoms. The fraction of sp³-hybridized carbons (Fsp3) is 0.200. The van der Waals surface area contributed by atoms with Gasteiger partial charge in [0.1, 0.15) is 11.3 Å². The van der Waals surface area contributed by atoms with Gasteiger partial charge in [0.25, 0.3) is 5.91 Å². The summed E-state index contributed by atoms with van der Waals surface area (Å²) in [5.41, 5.74) is 5.79. The first kappa shape index (κ1) is 18.9. The van der Waals surface area contributed by atoms with E-state index in [0.29, 0.717) is 18.8 Å². The Labute approximate surface area is 171 Å². The van der Waals surface area contributed by atoms with E-state index in [1.54, 1.807) is 0 Å². The average molecular weight is 383 g/mol. The summed E-state index contributed by atoms with van der Waals surface area (Å²) in [5, 5.41) is 0. The van der Waals surface area contributed by atoms with Gasteiger partial charge in [0.15, 0.2) is 0 Å². The van der Waals surface area contributed by atoms with Crippen LogP contribution in [0.25, 0.3) is 5.65 Å². The van der Waals surface area contributed by atoms with Gasteiger partial charge in [0.2, 0.25) is 0 Å². The Morgan fingerprint density at radius 1 is 0.931 bits per heavy atom. The Morgan fingerprint density at radius 3 is 2.45 bits per heavy atom. The predicted molar refractivity (Wildman–Crippen MR) is 116 cm³/mol. The van der Waals surface area contributed by atoms with Crippen molar-refractivity contribution in [3.8, 4) is 0 Å². The largest absolute Gasteiger partial charge is 0.333 e. The van der Waals surface area contributed by atoms with Crippen LogP contribution in [0.5, 0.6) is 0 Å². The molecule has 4 aromatic rings. The van der Waals surface area contributed by atoms with E-state index in [2.05, 4.69) is 36.2 Å². The Balaban J connectivity index is 1.67. The third kappa shape index (κ3) is 4.06. The lowest BCUT2D eigenvalue weighted by Crippen LogP contribution is -2.34. The third-order valence-corrected chi connectivity index (χ3v) is 5.33. The van der Waals surface area contributed by atoms with Gasteiger partial charge >= 0.3 is 0 Å². The zero-order valence-corrected chi connectivity index (χ0v) is 16.9. The van der Waals surface area contributed by atoms with Crippen LogP contribution >= 0.6 is 0 Å². The highest BCUT2D eigenvalue weighted by molar-refractivity contribution is 5.94. The van der Waals surface area contributed by atoms with Crippen molar-refractivity contribution in [3.63, 3.8) is 0 Å². The molecule has 4 rings (SSSR count). The number of rotatable bonds is 6. The highest BCUT2D eigenvalue weighted by atomic mass is 16.2. The Bertz CT molecular complexity index is 1130. The zero-order chi connectivity index (χ0) is 20.2. The summed E-state index contributed by atoms with van der Waals surface area (Å²) >= 11 is 0. The number of carbonyl (C=O) groups is 1. The molecule has 1 amide bonds. The maximum atomic E-state index is 13.6. The van der Waals surface area contributed by atoms with E-state index in [4.69, 9.17) is 0 Å². The molecule has 146 valence electrons. The topological polar surface area (TPSA) is 37.6 Å². The highest BCUT2D eigenvalue weighted by Gasteiger charge is 2.23. The lowest BCUT2D eigenvalue weighted by atomic mass is 10.1. The van der Waals surface area contributed by atoms with Crippen molar-refractivity contribution in [2.75, 3.05) is 6.54 Å². The molecule has 0 atom stereocenters. The average Bonchev–Trinajstić information content (AvgIpc) is 3.08. The monoisotopic (exact) mass is 383 g/mol. The molecule has 29 heavy (non-hydrogen) atoms. The molecular formula is C25H25N3O. The summed E-state index contributed by atoms with van der Waals surface area (Å²) in [7, 11) is 0. The maximum Gasteiger partial charge on any atom is 0.273 e. The minimum absolute atomic E-state index is 0.0142. The van der Waals surface area contributed by atoms with Gasteiger partial charge in [-0.05, 0) is 49.1 Å². The molecule has 2 aromatic carbocycles. The molecule has 2 aromatic heterocycles. The molecule has 0 saturated carbocycles. The molecule has 2 heterocycles. The molecule has 0 spiro atoms. The van der Waals surface area contributed by atoms with E-state index in [1.165, 1.54) is 16.7 Å². The lowest BCUT2D eigenvalue weighted by Gasteiger charge is -2.24. The van der Waals surface area contributed by atoms with Crippen molar-refractivity contribution in [1.82, 2.24) is 14.3 Å². The first-order valence-electron chi connectivity index (χ1n) is 9.95. The number of aryl methyl sites for hydroxylation is 2. The van der Waals surface area contributed by atoms with Crippen LogP contribution in [0.3, 0.4) is 0 Å². The van der Waals surface area contributed by atoms with Crippen molar-refractivity contribution >= 4 is 11.6 Å². The molecule has 0 N–H and O–H groups in total. The summed E-state index contributed by atoms with van der Waals surface area (Å²) in [5.74, 6) is 0.0142. The van der Waals surface area contributed by atoms with Crippen LogP contribution in [0, 0.1) is 13.8 Å². The molecule has 0 aliphatic carbocycles. The van der Waals surface area contributed by atoms with E-state index < -0.39 is 0 Å². The van der Waals surface area contributed by atoms with Gasteiger partial charge in [-0.1, -0.05) is 60.7 Å². The second-order valence-electron chi connectivity index (χ2n) is 7.36. The van der Waals surface area contributed by atoms with Crippen molar-refractivity contribution in [3.05, 3.63) is 107 Å². The highest BCUT2D eigenvalue weighted by Crippen LogP contribution is 2.18. The number of fused-ring (bicyclic) bond motifs is 1. The van der Waals surface area contributed by atoms with Crippen LogP contribution in [0.4, 0.5) is 0 Å². The third-order valence-electron chi connectivity index (χ3n) is 5.33. The number of nitrogens with zero attached hydrogens (tertiary/aromatic N) is 3. The van der Waals surface area contributed by atoms with Gasteiger partial charge in [-0.25, -0.2) is 4.98 Å². The van der Waals surface area contributed by atoms with Gasteiger partial charge in [-0.2, -0.15) is 0 Å². The number of aromatic nitrogens is 2. The minimum atomic E-state index is 0.0142. The molecule has 4 heteroatoms. The number of amides is 1. The van der Waals surface area contributed by atoms with Crippen LogP contribution in [-0.4, -0.2) is 26.7 Å². The predicted octanol–water partition coefficient (Wildman–Crippen LogP) is 4.84. The van der Waals surface area contributed by atoms with E-state index in [-0.39, 0.29) is 5.91 Å². The summed E-state index contributed by atoms with van der Waals surface area (Å²) in [6, 6.07) is 24.4. The number of hydrogen-bond acceptors (Lipinski definition) is 2. The van der Waals surface area contributed by atoms with E-state index in [9.17, 15) is 4.79 Å². The van der Waals surface area contributed by atoms with Crippen LogP contribution < -0.4 is 0 Å². The normalized spacial score (nSPS) is 11.0. The summed E-state index contributed by atoms with van der Waals surface area (Å²) in [4.78, 5) is 20.2. The standard InChI is InChI=1S/C25H25N3O/c1-19-10-6-7-13-22(19)18-27(17-15-21-11-4-3-5-12-21)25(29)24-20(2)26-23-14-8-9-16-28(23)24/h3-14,16H,15,17-18H2,1-2H3. The Hall–Kier alpha value is -3.40. The quantitative estimate of drug-likeness (QED) is 0.478. The number of carbonyl (C=O) groups excluding carboxylic acids is 1. The number of hydrogen-bond donors (Lipinski definition) is 0. The van der Waals surface area contributed by atoms with Gasteiger partial charge < -0.3 is 4.90 Å². The second kappa shape index (κ2) is 8.31. The van der Waals surface area contributed by atoms with Crippen molar-refractivity contribution in [1.29, 1.82) is 0 Å². The van der Waals surface area contributed by atoms with E-state index in [0.717, 1.165) is 17.8 Å². The summed E-state index contributed by atoms with van der Waals surface area (Å²) in [6.07, 6.45) is 2.72. The Morgan fingerprint density at radius 2 is 1.66 bits per heavy atom. The molecule has 4 nitrogen and oxygen atoms in total. The van der Waals surface area contributed by atoms with E-state index in [1.807, 2.05) is 71.0 Å². The van der Waals surface area contributed by atoms with Gasteiger partial charge in [0, 0.05) is 19.3 Å². The second-order valence-corrected chi connectivity index (χ2v) is 7.36. The molecule has 0 aliphatic heterocycles. The van der Waals surface area contributed by atoms with E-state index >= 15 is 0 Å². The van der Waals surface area contributed by atoms with Gasteiger partial charge in [-0.3, -0.25) is 9.20 Å². The summed E-state index contributed by atoms with van der Waals surface area (Å²) in [6.45, 7) is 5.23. The molecule has 0 aliphatic rings. The molecule has 0 radical (unpaired) electrons. The fourth-order valence-corrected chi connectivity index (χ4v) is 3.68. The smallest absolute Gasteiger partial charge is 0.273 e. The molecule has 0 unspecified atom stereocenters. The van der Waals surface area contributed by atoms with Crippen molar-refractivity contribution < 1.29 is 4.79 Å². The Kier molecular flexibility index (Phi) is 5.43. The van der Waals surface area contributed by atoms with Crippen LogP contribution in [0.2, 0.25) is 0 Å². The number of benzene rings is 2. The molecule has 0 fully saturated rings. The van der Waals surface area contributed by atoms with Gasteiger partial charge in [0.05, 0.1) is 5.69 Å². The maximum absolute atomic E-state index is 13.6. The number of imidazole rings is 1. The SMILES string of the molecule is Cc1ccccc1CN(CCc1ccccc1)C(=O)c1c(C)nc2ccccn12. The first-order chi connectivity index (χ1) is 14.1. The van der Waals surface area contributed by atoms with Crippen molar-refractivity contribution in [2.45, 2.75) is 26.8 Å². The minimum Gasteiger partial charge on any atom is -0.333 e. The molecular weight excluding hydrogens is 358 g/mol. The summed E-state index contributed by atoms with van der Waals surface area (Å²) < 4.78 is 1.89. The zero-order valence-electron chi connectivity index (χ0n) is 16.9. The van der Waals surface area contributed by atoms with Crippen LogP contribution in [0.15, 0.2) is 79.0 Å². The fourth-order valence-electron chi connectivity index (χ4n) is 3.68. The van der Waals surface area contributed by atoms with Gasteiger partial charge in [-0.15, -0.1) is 0 Å². The number of pyridine rings is 1. The molecule has 0 saturated heterocycles. The van der Waals surface area contributed by atoms with Crippen LogP contribution in [0.1, 0.15) is 32.9 Å². The lowest BCUT2D eigenvalue weighted by molar-refractivity contribution is 0.0737. The van der Waals surface area contributed by atoms with Crippen LogP contribution in [-0.2, 0) is 13.0 Å². The first-order valence-corrected chi connectivity index (χ1v) is 9.95.